The lowest BCUT2D eigenvalue weighted by atomic mass is 10.1. The Morgan fingerprint density at radius 3 is 2.59 bits per heavy atom. The van der Waals surface area contributed by atoms with E-state index in [2.05, 4.69) is 21.2 Å². The molecule has 0 aliphatic heterocycles. The fourth-order valence-corrected chi connectivity index (χ4v) is 2.47. The molecule has 0 heterocycles. The summed E-state index contributed by atoms with van der Waals surface area (Å²) in [6.07, 6.45) is 2.13. The van der Waals surface area contributed by atoms with Gasteiger partial charge < -0.3 is 10.1 Å². The lowest BCUT2D eigenvalue weighted by Crippen LogP contribution is -2.11. The van der Waals surface area contributed by atoms with Gasteiger partial charge in [-0.25, -0.2) is 0 Å². The highest BCUT2D eigenvalue weighted by Gasteiger charge is 2.05. The molecule has 0 atom stereocenters. The van der Waals surface area contributed by atoms with Gasteiger partial charge in [0, 0.05) is 16.6 Å². The summed E-state index contributed by atoms with van der Waals surface area (Å²) < 4.78 is 5.93. The van der Waals surface area contributed by atoms with Crippen LogP contribution in [0.2, 0.25) is 5.02 Å². The Bertz CT molecular complexity index is 644. The van der Waals surface area contributed by atoms with Crippen molar-refractivity contribution >= 4 is 39.1 Å². The number of aryl methyl sites for hydroxylation is 1. The van der Waals surface area contributed by atoms with Gasteiger partial charge in [0.05, 0.1) is 12.1 Å². The average molecular weight is 383 g/mol. The summed E-state index contributed by atoms with van der Waals surface area (Å²) in [4.78, 5) is 11.9. The molecule has 0 spiro atoms. The van der Waals surface area contributed by atoms with Gasteiger partial charge in [0.2, 0.25) is 5.91 Å². The number of amides is 1. The van der Waals surface area contributed by atoms with Crippen molar-refractivity contribution in [1.29, 1.82) is 0 Å². The zero-order chi connectivity index (χ0) is 15.9. The topological polar surface area (TPSA) is 38.3 Å². The van der Waals surface area contributed by atoms with E-state index < -0.39 is 0 Å². The smallest absolute Gasteiger partial charge is 0.224 e. The predicted molar refractivity (Wildman–Crippen MR) is 93.7 cm³/mol. The fourth-order valence-electron chi connectivity index (χ4n) is 2.04. The molecule has 3 nitrogen and oxygen atoms in total. The zero-order valence-electron chi connectivity index (χ0n) is 12.2. The van der Waals surface area contributed by atoms with E-state index in [0.29, 0.717) is 17.1 Å². The number of benzene rings is 2. The van der Waals surface area contributed by atoms with Gasteiger partial charge in [-0.05, 0) is 64.7 Å². The van der Waals surface area contributed by atoms with Crippen LogP contribution in [0.5, 0.6) is 5.75 Å². The molecule has 0 bridgehead atoms. The van der Waals surface area contributed by atoms with Crippen molar-refractivity contribution < 1.29 is 9.53 Å². The molecule has 0 aliphatic rings. The maximum absolute atomic E-state index is 11.9. The number of hydrogen-bond acceptors (Lipinski definition) is 2. The van der Waals surface area contributed by atoms with Crippen LogP contribution in [-0.4, -0.2) is 13.0 Å². The third kappa shape index (κ3) is 5.04. The third-order valence-electron chi connectivity index (χ3n) is 3.23. The zero-order valence-corrected chi connectivity index (χ0v) is 14.6. The first-order chi connectivity index (χ1) is 10.6. The van der Waals surface area contributed by atoms with Crippen molar-refractivity contribution in [3.63, 3.8) is 0 Å². The summed E-state index contributed by atoms with van der Waals surface area (Å²) in [6, 6.07) is 13.3. The summed E-state index contributed by atoms with van der Waals surface area (Å²) in [6.45, 7) is 0. The van der Waals surface area contributed by atoms with Crippen LogP contribution in [0.3, 0.4) is 0 Å². The van der Waals surface area contributed by atoms with Crippen LogP contribution in [0.25, 0.3) is 0 Å². The summed E-state index contributed by atoms with van der Waals surface area (Å²) in [5, 5.41) is 3.43. The molecule has 0 unspecified atom stereocenters. The predicted octanol–water partition coefficient (Wildman–Crippen LogP) is 5.07. The van der Waals surface area contributed by atoms with Crippen LogP contribution in [0.1, 0.15) is 18.4 Å². The number of methoxy groups -OCH3 is 1. The van der Waals surface area contributed by atoms with Gasteiger partial charge in [-0.2, -0.15) is 0 Å². The minimum atomic E-state index is -0.00750. The van der Waals surface area contributed by atoms with Gasteiger partial charge in [-0.15, -0.1) is 0 Å². The minimum Gasteiger partial charge on any atom is -0.497 e. The van der Waals surface area contributed by atoms with Crippen LogP contribution in [0.15, 0.2) is 46.9 Å². The number of carbonyl (C=O) groups is 1. The summed E-state index contributed by atoms with van der Waals surface area (Å²) in [7, 11) is 1.65. The lowest BCUT2D eigenvalue weighted by molar-refractivity contribution is -0.116. The number of rotatable bonds is 6. The molecule has 0 radical (unpaired) electrons. The van der Waals surface area contributed by atoms with E-state index in [-0.39, 0.29) is 5.91 Å². The fraction of sp³-hybridized carbons (Fsp3) is 0.235. The van der Waals surface area contributed by atoms with E-state index in [9.17, 15) is 4.79 Å². The molecule has 0 aromatic heterocycles. The maximum Gasteiger partial charge on any atom is 0.224 e. The van der Waals surface area contributed by atoms with Crippen LogP contribution < -0.4 is 10.1 Å². The van der Waals surface area contributed by atoms with E-state index in [0.717, 1.165) is 23.1 Å². The van der Waals surface area contributed by atoms with E-state index in [1.807, 2.05) is 36.4 Å². The van der Waals surface area contributed by atoms with E-state index in [1.54, 1.807) is 13.2 Å². The summed E-state index contributed by atoms with van der Waals surface area (Å²) in [5.74, 6) is 0.834. The van der Waals surface area contributed by atoms with Crippen molar-refractivity contribution in [1.82, 2.24) is 0 Å². The van der Waals surface area contributed by atoms with Gasteiger partial charge in [0.25, 0.3) is 0 Å². The maximum atomic E-state index is 11.9. The molecule has 2 aromatic carbocycles. The first-order valence-corrected chi connectivity index (χ1v) is 8.13. The Morgan fingerprint density at radius 2 is 1.95 bits per heavy atom. The molecule has 0 fully saturated rings. The van der Waals surface area contributed by atoms with Crippen molar-refractivity contribution in [2.24, 2.45) is 0 Å². The molecule has 5 heteroatoms. The second-order valence-corrected chi connectivity index (χ2v) is 6.14. The highest BCUT2D eigenvalue weighted by atomic mass is 79.9. The normalized spacial score (nSPS) is 10.3. The van der Waals surface area contributed by atoms with E-state index >= 15 is 0 Å². The first-order valence-electron chi connectivity index (χ1n) is 6.96. The van der Waals surface area contributed by atoms with Gasteiger partial charge >= 0.3 is 0 Å². The lowest BCUT2D eigenvalue weighted by Gasteiger charge is -2.07. The molecular weight excluding hydrogens is 366 g/mol. The molecule has 2 rings (SSSR count). The van der Waals surface area contributed by atoms with Gasteiger partial charge in [-0.3, -0.25) is 4.79 Å². The van der Waals surface area contributed by atoms with Gasteiger partial charge in [0.1, 0.15) is 5.75 Å². The Hall–Kier alpha value is -1.52. The molecule has 22 heavy (non-hydrogen) atoms. The number of halogens is 2. The average Bonchev–Trinajstić information content (AvgIpc) is 2.51. The van der Waals surface area contributed by atoms with E-state index in [1.165, 1.54) is 5.56 Å². The number of carbonyl (C=O) groups excluding carboxylic acids is 1. The molecule has 0 saturated heterocycles. The van der Waals surface area contributed by atoms with Crippen LogP contribution in [0, 0.1) is 0 Å². The van der Waals surface area contributed by atoms with Crippen LogP contribution in [-0.2, 0) is 11.2 Å². The summed E-state index contributed by atoms with van der Waals surface area (Å²) in [5.41, 5.74) is 1.91. The SMILES string of the molecule is COc1ccc(CCCC(=O)Nc2ccc(Br)c(Cl)c2)cc1. The molecule has 1 N–H and O–H groups in total. The van der Waals surface area contributed by atoms with Crippen molar-refractivity contribution in [3.8, 4) is 5.75 Å². The third-order valence-corrected chi connectivity index (χ3v) is 4.46. The Kier molecular flexibility index (Phi) is 6.28. The Labute approximate surface area is 143 Å². The largest absolute Gasteiger partial charge is 0.497 e. The van der Waals surface area contributed by atoms with Crippen molar-refractivity contribution in [2.75, 3.05) is 12.4 Å². The second-order valence-electron chi connectivity index (χ2n) is 4.88. The molecular formula is C17H17BrClNO2. The van der Waals surface area contributed by atoms with Crippen molar-refractivity contribution in [3.05, 3.63) is 57.5 Å². The van der Waals surface area contributed by atoms with Gasteiger partial charge in [0.15, 0.2) is 0 Å². The highest BCUT2D eigenvalue weighted by Crippen LogP contribution is 2.25. The monoisotopic (exact) mass is 381 g/mol. The molecule has 116 valence electrons. The van der Waals surface area contributed by atoms with Gasteiger partial charge in [-0.1, -0.05) is 23.7 Å². The van der Waals surface area contributed by atoms with Crippen LogP contribution >= 0.6 is 27.5 Å². The number of nitrogens with one attached hydrogen (secondary N) is 1. The molecule has 1 amide bonds. The van der Waals surface area contributed by atoms with Crippen LogP contribution in [0.4, 0.5) is 5.69 Å². The summed E-state index contributed by atoms with van der Waals surface area (Å²) >= 11 is 9.32. The second kappa shape index (κ2) is 8.20. The Balaban J connectivity index is 1.78. The number of ether oxygens (including phenoxy) is 1. The molecule has 2 aromatic rings. The minimum absolute atomic E-state index is 0.00750. The highest BCUT2D eigenvalue weighted by molar-refractivity contribution is 9.10. The first kappa shape index (κ1) is 16.8. The number of anilines is 1. The van der Waals surface area contributed by atoms with E-state index in [4.69, 9.17) is 16.3 Å². The molecule has 0 aliphatic carbocycles. The number of hydrogen-bond donors (Lipinski definition) is 1. The Morgan fingerprint density at radius 1 is 1.23 bits per heavy atom. The molecule has 0 saturated carbocycles. The van der Waals surface area contributed by atoms with Crippen molar-refractivity contribution in [2.45, 2.75) is 19.3 Å². The quantitative estimate of drug-likeness (QED) is 0.757. The standard InChI is InChI=1S/C17H17BrClNO2/c1-22-14-8-5-12(6-9-14)3-2-4-17(21)20-13-7-10-15(18)16(19)11-13/h5-11H,2-4H2,1H3,(H,20,21).